The van der Waals surface area contributed by atoms with Crippen LogP contribution < -0.4 is 5.73 Å². The Labute approximate surface area is 119 Å². The number of nitrogen functional groups attached to an aromatic ring is 1. The third-order valence-corrected chi connectivity index (χ3v) is 4.57. The maximum atomic E-state index is 7.47. The summed E-state index contributed by atoms with van der Waals surface area (Å²) in [4.78, 5) is 2.32. The van der Waals surface area contributed by atoms with Crippen LogP contribution in [-0.4, -0.2) is 5.84 Å². The molecule has 0 bridgehead atoms. The highest BCUT2D eigenvalue weighted by Crippen LogP contribution is 2.33. The number of hydrogen-bond donors (Lipinski definition) is 2. The second-order valence-corrected chi connectivity index (χ2v) is 5.89. The van der Waals surface area contributed by atoms with E-state index >= 15 is 0 Å². The number of halogens is 1. The molecule has 2 aromatic rings. The summed E-state index contributed by atoms with van der Waals surface area (Å²) in [5, 5.41) is 7.47. The van der Waals surface area contributed by atoms with Gasteiger partial charge in [0, 0.05) is 19.8 Å². The summed E-state index contributed by atoms with van der Waals surface area (Å²) in [5.41, 5.74) is 7.34. The smallest absolute Gasteiger partial charge is 0.123 e. The number of amidine groups is 1. The lowest BCUT2D eigenvalue weighted by Gasteiger charge is -2.08. The molecule has 0 aromatic heterocycles. The predicted octanol–water partition coefficient (Wildman–Crippen LogP) is 4.19. The van der Waals surface area contributed by atoms with E-state index in [-0.39, 0.29) is 5.84 Å². The Kier molecular flexibility index (Phi) is 4.09. The van der Waals surface area contributed by atoms with Crippen molar-refractivity contribution in [3.8, 4) is 0 Å². The van der Waals surface area contributed by atoms with Crippen LogP contribution in [0.25, 0.3) is 0 Å². The molecule has 2 nitrogen and oxygen atoms in total. The van der Waals surface area contributed by atoms with Gasteiger partial charge < -0.3 is 5.73 Å². The molecular weight excluding hydrogens is 308 g/mol. The van der Waals surface area contributed by atoms with E-state index in [4.69, 9.17) is 11.1 Å². The summed E-state index contributed by atoms with van der Waals surface area (Å²) in [7, 11) is 0. The van der Waals surface area contributed by atoms with E-state index in [1.807, 2.05) is 37.3 Å². The molecular formula is C14H13BrN2S. The fraction of sp³-hybridized carbons (Fsp3) is 0.0714. The Morgan fingerprint density at radius 2 is 1.94 bits per heavy atom. The van der Waals surface area contributed by atoms with Crippen molar-refractivity contribution in [2.75, 3.05) is 0 Å². The summed E-state index contributed by atoms with van der Waals surface area (Å²) in [6.45, 7) is 1.97. The van der Waals surface area contributed by atoms with E-state index in [9.17, 15) is 0 Å². The number of nitrogens with one attached hydrogen (secondary N) is 1. The first kappa shape index (κ1) is 13.2. The SMILES string of the molecule is Cc1cc(Sc2ccccc2Br)ccc1C(=N)N. The summed E-state index contributed by atoms with van der Waals surface area (Å²) < 4.78 is 1.09. The highest BCUT2D eigenvalue weighted by Gasteiger charge is 2.05. The molecule has 0 aliphatic rings. The van der Waals surface area contributed by atoms with Gasteiger partial charge >= 0.3 is 0 Å². The van der Waals surface area contributed by atoms with Crippen LogP contribution in [0.1, 0.15) is 11.1 Å². The first-order chi connectivity index (χ1) is 8.58. The van der Waals surface area contributed by atoms with Crippen molar-refractivity contribution in [1.82, 2.24) is 0 Å². The lowest BCUT2D eigenvalue weighted by atomic mass is 10.1. The van der Waals surface area contributed by atoms with Gasteiger partial charge in [0.2, 0.25) is 0 Å². The molecule has 0 aliphatic heterocycles. The monoisotopic (exact) mass is 320 g/mol. The summed E-state index contributed by atoms with van der Waals surface area (Å²) >= 11 is 5.23. The molecule has 0 heterocycles. The summed E-state index contributed by atoms with van der Waals surface area (Å²) in [6.07, 6.45) is 0. The Bertz CT molecular complexity index is 596. The van der Waals surface area contributed by atoms with E-state index in [0.29, 0.717) is 0 Å². The second kappa shape index (κ2) is 5.59. The zero-order valence-corrected chi connectivity index (χ0v) is 12.3. The zero-order valence-electron chi connectivity index (χ0n) is 9.91. The van der Waals surface area contributed by atoms with Gasteiger partial charge in [-0.25, -0.2) is 0 Å². The van der Waals surface area contributed by atoms with E-state index in [1.54, 1.807) is 11.8 Å². The van der Waals surface area contributed by atoms with Crippen molar-refractivity contribution in [3.05, 3.63) is 58.1 Å². The highest BCUT2D eigenvalue weighted by molar-refractivity contribution is 9.10. The number of hydrogen-bond acceptors (Lipinski definition) is 2. The van der Waals surface area contributed by atoms with E-state index in [0.717, 1.165) is 20.5 Å². The van der Waals surface area contributed by atoms with Gasteiger partial charge in [0.05, 0.1) is 0 Å². The van der Waals surface area contributed by atoms with Crippen LogP contribution in [-0.2, 0) is 0 Å². The van der Waals surface area contributed by atoms with Crippen LogP contribution in [0.5, 0.6) is 0 Å². The second-order valence-electron chi connectivity index (χ2n) is 3.92. The van der Waals surface area contributed by atoms with Gasteiger partial charge in [-0.05, 0) is 58.7 Å². The van der Waals surface area contributed by atoms with Gasteiger partial charge in [-0.2, -0.15) is 0 Å². The topological polar surface area (TPSA) is 49.9 Å². The predicted molar refractivity (Wildman–Crippen MR) is 80.5 cm³/mol. The zero-order chi connectivity index (χ0) is 13.1. The lowest BCUT2D eigenvalue weighted by molar-refractivity contribution is 1.30. The lowest BCUT2D eigenvalue weighted by Crippen LogP contribution is -2.12. The molecule has 0 radical (unpaired) electrons. The van der Waals surface area contributed by atoms with Crippen LogP contribution in [0.15, 0.2) is 56.7 Å². The van der Waals surface area contributed by atoms with Crippen molar-refractivity contribution < 1.29 is 0 Å². The van der Waals surface area contributed by atoms with Gasteiger partial charge in [0.25, 0.3) is 0 Å². The summed E-state index contributed by atoms with van der Waals surface area (Å²) in [5.74, 6) is 0.116. The van der Waals surface area contributed by atoms with Crippen LogP contribution in [0.3, 0.4) is 0 Å². The minimum absolute atomic E-state index is 0.116. The maximum absolute atomic E-state index is 7.47. The van der Waals surface area contributed by atoms with E-state index < -0.39 is 0 Å². The molecule has 2 aromatic carbocycles. The average Bonchev–Trinajstić information content (AvgIpc) is 2.32. The number of nitrogens with two attached hydrogens (primary N) is 1. The van der Waals surface area contributed by atoms with Crippen molar-refractivity contribution in [1.29, 1.82) is 5.41 Å². The molecule has 0 fully saturated rings. The highest BCUT2D eigenvalue weighted by atomic mass is 79.9. The molecule has 92 valence electrons. The van der Waals surface area contributed by atoms with Crippen LogP contribution >= 0.6 is 27.7 Å². The third-order valence-electron chi connectivity index (χ3n) is 2.55. The minimum atomic E-state index is 0.116. The molecule has 0 amide bonds. The Balaban J connectivity index is 2.29. The maximum Gasteiger partial charge on any atom is 0.123 e. The van der Waals surface area contributed by atoms with E-state index in [2.05, 4.69) is 28.1 Å². The Morgan fingerprint density at radius 1 is 1.22 bits per heavy atom. The minimum Gasteiger partial charge on any atom is -0.384 e. The standard InChI is InChI=1S/C14H13BrN2S/c1-9-8-10(6-7-11(9)14(16)17)18-13-5-3-2-4-12(13)15/h2-8H,1H3,(H3,16,17). The molecule has 0 saturated heterocycles. The largest absolute Gasteiger partial charge is 0.384 e. The Morgan fingerprint density at radius 3 is 2.56 bits per heavy atom. The van der Waals surface area contributed by atoms with Crippen molar-refractivity contribution >= 4 is 33.5 Å². The quantitative estimate of drug-likeness (QED) is 0.658. The molecule has 18 heavy (non-hydrogen) atoms. The number of benzene rings is 2. The fourth-order valence-corrected chi connectivity index (χ4v) is 3.12. The van der Waals surface area contributed by atoms with Gasteiger partial charge in [-0.15, -0.1) is 0 Å². The molecule has 3 N–H and O–H groups in total. The molecule has 0 atom stereocenters. The molecule has 2 rings (SSSR count). The molecule has 0 unspecified atom stereocenters. The van der Waals surface area contributed by atoms with Crippen molar-refractivity contribution in [2.24, 2.45) is 5.73 Å². The molecule has 0 aliphatic carbocycles. The Hall–Kier alpha value is -1.26. The van der Waals surface area contributed by atoms with Gasteiger partial charge in [0.1, 0.15) is 5.84 Å². The average molecular weight is 321 g/mol. The number of rotatable bonds is 3. The fourth-order valence-electron chi connectivity index (χ4n) is 1.66. The normalized spacial score (nSPS) is 10.3. The van der Waals surface area contributed by atoms with Gasteiger partial charge in [-0.3, -0.25) is 5.41 Å². The first-order valence-corrected chi connectivity index (χ1v) is 7.06. The van der Waals surface area contributed by atoms with E-state index in [1.165, 1.54) is 4.90 Å². The number of aryl methyl sites for hydroxylation is 1. The molecule has 0 saturated carbocycles. The molecule has 4 heteroatoms. The van der Waals surface area contributed by atoms with Gasteiger partial charge in [-0.1, -0.05) is 23.9 Å². The van der Waals surface area contributed by atoms with Crippen LogP contribution in [0.2, 0.25) is 0 Å². The van der Waals surface area contributed by atoms with Crippen molar-refractivity contribution in [2.45, 2.75) is 16.7 Å². The summed E-state index contributed by atoms with van der Waals surface area (Å²) in [6, 6.07) is 14.1. The van der Waals surface area contributed by atoms with Crippen LogP contribution in [0.4, 0.5) is 0 Å². The van der Waals surface area contributed by atoms with Gasteiger partial charge in [0.15, 0.2) is 0 Å². The van der Waals surface area contributed by atoms with Crippen LogP contribution in [0, 0.1) is 12.3 Å². The van der Waals surface area contributed by atoms with Crippen molar-refractivity contribution in [3.63, 3.8) is 0 Å². The third kappa shape index (κ3) is 2.94. The first-order valence-electron chi connectivity index (χ1n) is 5.45. The molecule has 0 spiro atoms.